The molecule has 51 heavy (non-hydrogen) atoms. The highest BCUT2D eigenvalue weighted by atomic mass is 35.5. The highest BCUT2D eigenvalue weighted by Gasteiger charge is 2.39. The van der Waals surface area contributed by atoms with Crippen molar-refractivity contribution in [2.45, 2.75) is 77.6 Å². The summed E-state index contributed by atoms with van der Waals surface area (Å²) in [5, 5.41) is 20.7. The van der Waals surface area contributed by atoms with Crippen molar-refractivity contribution in [3.8, 4) is 5.75 Å². The van der Waals surface area contributed by atoms with Crippen molar-refractivity contribution >= 4 is 58.2 Å². The monoisotopic (exact) mass is 745 g/mol. The van der Waals surface area contributed by atoms with E-state index in [-0.39, 0.29) is 36.6 Å². The molecule has 16 heteroatoms. The quantitative estimate of drug-likeness (QED) is 0.312. The maximum absolute atomic E-state index is 13.7. The van der Waals surface area contributed by atoms with Gasteiger partial charge in [-0.25, -0.2) is 4.98 Å². The summed E-state index contributed by atoms with van der Waals surface area (Å²) in [6.45, 7) is 7.45. The minimum Gasteiger partial charge on any atom is -0.484 e. The number of hydrogen-bond donors (Lipinski definition) is 4. The Bertz CT molecular complexity index is 1690. The van der Waals surface area contributed by atoms with E-state index in [9.17, 15) is 29.1 Å². The first-order valence-electron chi connectivity index (χ1n) is 17.0. The SMILES string of the molecule is CC(C)[C@H]1NC(=O)[C@H](C)N(C)C(=O)[C@H]([C@@H](C)O)NC(=O)COc2cccc(c2)CC2(CCN(C(=O)Cc3cn4ccsc4n3)CC2)CNC1=O.Cl. The van der Waals surface area contributed by atoms with Gasteiger partial charge in [-0.2, -0.15) is 0 Å². The van der Waals surface area contributed by atoms with Gasteiger partial charge in [0, 0.05) is 44.5 Å². The number of carbonyl (C=O) groups excluding carboxylic acids is 5. The number of aliphatic hydroxyl groups is 1. The Balaban J connectivity index is 0.00000583. The molecule has 278 valence electrons. The van der Waals surface area contributed by atoms with Crippen LogP contribution < -0.4 is 20.7 Å². The number of piperidine rings is 1. The lowest BCUT2D eigenvalue weighted by Gasteiger charge is -2.42. The lowest BCUT2D eigenvalue weighted by atomic mass is 9.73. The molecule has 3 aromatic rings. The molecule has 0 unspecified atom stereocenters. The number of nitrogens with zero attached hydrogens (tertiary/aromatic N) is 4. The van der Waals surface area contributed by atoms with E-state index in [0.717, 1.165) is 21.1 Å². The summed E-state index contributed by atoms with van der Waals surface area (Å²) in [5.74, 6) is -2.01. The van der Waals surface area contributed by atoms with Crippen LogP contribution in [-0.2, 0) is 36.8 Å². The highest BCUT2D eigenvalue weighted by molar-refractivity contribution is 7.15. The van der Waals surface area contributed by atoms with Crippen LogP contribution in [0.3, 0.4) is 0 Å². The maximum Gasteiger partial charge on any atom is 0.258 e. The molecule has 14 nitrogen and oxygen atoms in total. The van der Waals surface area contributed by atoms with Gasteiger partial charge >= 0.3 is 0 Å². The topological polar surface area (TPSA) is 175 Å². The number of aliphatic hydroxyl groups excluding tert-OH is 1. The van der Waals surface area contributed by atoms with Crippen LogP contribution >= 0.6 is 23.7 Å². The van der Waals surface area contributed by atoms with E-state index >= 15 is 0 Å². The minimum absolute atomic E-state index is 0. The van der Waals surface area contributed by atoms with Crippen LogP contribution in [0.15, 0.2) is 42.0 Å². The number of halogens is 1. The normalized spacial score (nSPS) is 22.9. The van der Waals surface area contributed by atoms with Crippen molar-refractivity contribution in [2.75, 3.05) is 33.3 Å². The molecule has 0 aliphatic carbocycles. The Hall–Kier alpha value is -4.21. The standard InChI is InChI=1S/C35H47N7O7S.ClH/c1-21(2)29-32(47)36-20-35(9-11-41(12-10-35)28(45)16-25-18-42-13-14-50-34(42)37-25)17-24-7-6-8-26(15-24)49-19-27(44)38-30(23(4)43)33(48)40(5)22(3)31(46)39-29;/h6-8,13-15,18,21-23,29-30,43H,9-12,16-17,19-20H2,1-5H3,(H,36,47)(H,38,44)(H,39,46);1H/t22-,23+,29+,30-;/m0./s1. The first-order chi connectivity index (χ1) is 23.7. The Morgan fingerprint density at radius 3 is 2.49 bits per heavy atom. The number of thiazole rings is 1. The van der Waals surface area contributed by atoms with Crippen molar-refractivity contribution in [3.05, 3.63) is 53.3 Å². The molecule has 2 aliphatic heterocycles. The molecule has 5 amide bonds. The number of amides is 5. The number of nitrogens with one attached hydrogen (secondary N) is 3. The number of ether oxygens (including phenoxy) is 1. The number of imidazole rings is 1. The molecule has 4 atom stereocenters. The third kappa shape index (κ3) is 9.57. The van der Waals surface area contributed by atoms with Gasteiger partial charge in [-0.1, -0.05) is 26.0 Å². The van der Waals surface area contributed by atoms with Crippen molar-refractivity contribution in [3.63, 3.8) is 0 Å². The summed E-state index contributed by atoms with van der Waals surface area (Å²) in [4.78, 5) is 75.0. The van der Waals surface area contributed by atoms with E-state index in [1.54, 1.807) is 6.07 Å². The number of benzene rings is 1. The van der Waals surface area contributed by atoms with Crippen molar-refractivity contribution in [1.29, 1.82) is 0 Å². The fraction of sp³-hybridized carbons (Fsp3) is 0.543. The first kappa shape index (κ1) is 39.6. The number of likely N-dealkylation sites (N-methyl/N-ethyl adjacent to an activating group) is 1. The molecule has 2 aliphatic rings. The molecular weight excluding hydrogens is 698 g/mol. The molecule has 1 saturated heterocycles. The second-order valence-electron chi connectivity index (χ2n) is 13.9. The number of rotatable bonds is 4. The second-order valence-corrected chi connectivity index (χ2v) is 14.7. The summed E-state index contributed by atoms with van der Waals surface area (Å²) in [6, 6.07) is 4.14. The van der Waals surface area contributed by atoms with Gasteiger partial charge in [0.25, 0.3) is 5.91 Å². The lowest BCUT2D eigenvalue weighted by molar-refractivity contribution is -0.144. The molecule has 2 bridgehead atoms. The lowest BCUT2D eigenvalue weighted by Crippen LogP contribution is -2.59. The average molecular weight is 746 g/mol. The molecule has 5 rings (SSSR count). The van der Waals surface area contributed by atoms with Gasteiger partial charge < -0.3 is 35.6 Å². The summed E-state index contributed by atoms with van der Waals surface area (Å²) in [7, 11) is 1.40. The maximum atomic E-state index is 13.7. The molecule has 4 heterocycles. The van der Waals surface area contributed by atoms with Gasteiger partial charge in [-0.05, 0) is 62.1 Å². The van der Waals surface area contributed by atoms with Gasteiger partial charge in [0.05, 0.1) is 18.2 Å². The third-order valence-corrected chi connectivity index (χ3v) is 10.5. The van der Waals surface area contributed by atoms with Gasteiger partial charge in [0.1, 0.15) is 23.9 Å². The molecule has 0 radical (unpaired) electrons. The molecule has 2 aromatic heterocycles. The highest BCUT2D eigenvalue weighted by Crippen LogP contribution is 2.36. The van der Waals surface area contributed by atoms with E-state index in [1.165, 1.54) is 32.2 Å². The largest absolute Gasteiger partial charge is 0.484 e. The van der Waals surface area contributed by atoms with Gasteiger partial charge in [0.2, 0.25) is 23.6 Å². The predicted molar refractivity (Wildman–Crippen MR) is 194 cm³/mol. The van der Waals surface area contributed by atoms with Crippen molar-refractivity contribution in [2.24, 2.45) is 11.3 Å². The Morgan fingerprint density at radius 1 is 1.10 bits per heavy atom. The van der Waals surface area contributed by atoms with Gasteiger partial charge in [-0.3, -0.25) is 28.4 Å². The summed E-state index contributed by atoms with van der Waals surface area (Å²) in [6.07, 6.45) is 4.55. The van der Waals surface area contributed by atoms with Crippen molar-refractivity contribution < 1.29 is 33.8 Å². The predicted octanol–water partition coefficient (Wildman–Crippen LogP) is 1.57. The van der Waals surface area contributed by atoms with Crippen LogP contribution in [0.2, 0.25) is 0 Å². The zero-order valence-corrected chi connectivity index (χ0v) is 31.2. The third-order valence-electron chi connectivity index (χ3n) is 9.76. The van der Waals surface area contributed by atoms with E-state index in [0.29, 0.717) is 44.6 Å². The Morgan fingerprint density at radius 2 is 1.82 bits per heavy atom. The van der Waals surface area contributed by atoms with Crippen LogP contribution in [0.1, 0.15) is 51.8 Å². The van der Waals surface area contributed by atoms with E-state index in [1.807, 2.05) is 59.1 Å². The van der Waals surface area contributed by atoms with E-state index < -0.39 is 54.0 Å². The van der Waals surface area contributed by atoms with Crippen molar-refractivity contribution in [1.82, 2.24) is 35.1 Å². The van der Waals surface area contributed by atoms with Gasteiger partial charge in [0.15, 0.2) is 11.6 Å². The fourth-order valence-electron chi connectivity index (χ4n) is 6.48. The number of carbonyl (C=O) groups is 5. The molecule has 1 fully saturated rings. The molecule has 0 saturated carbocycles. The first-order valence-corrected chi connectivity index (χ1v) is 17.9. The number of aromatic nitrogens is 2. The van der Waals surface area contributed by atoms with Crippen LogP contribution in [-0.4, -0.2) is 111 Å². The molecule has 1 aromatic carbocycles. The fourth-order valence-corrected chi connectivity index (χ4v) is 7.20. The zero-order valence-electron chi connectivity index (χ0n) is 29.6. The number of hydrogen-bond acceptors (Lipinski definition) is 9. The van der Waals surface area contributed by atoms with Crippen LogP contribution in [0.5, 0.6) is 5.75 Å². The summed E-state index contributed by atoms with van der Waals surface area (Å²) in [5.41, 5.74) is 1.23. The Kier molecular flexibility index (Phi) is 13.1. The second kappa shape index (κ2) is 16.9. The zero-order chi connectivity index (χ0) is 36.2. The van der Waals surface area contributed by atoms with E-state index in [4.69, 9.17) is 4.74 Å². The Labute approximate surface area is 307 Å². The number of fused-ring (bicyclic) bond motifs is 3. The average Bonchev–Trinajstić information content (AvgIpc) is 3.68. The van der Waals surface area contributed by atoms with Gasteiger partial charge in [-0.15, -0.1) is 23.7 Å². The minimum atomic E-state index is -1.32. The molecule has 1 spiro atoms. The molecule has 4 N–H and O–H groups in total. The van der Waals surface area contributed by atoms with Crippen LogP contribution in [0.4, 0.5) is 0 Å². The van der Waals surface area contributed by atoms with E-state index in [2.05, 4.69) is 20.9 Å². The number of likely N-dealkylation sites (tertiary alicyclic amines) is 1. The van der Waals surface area contributed by atoms with Crippen LogP contribution in [0, 0.1) is 11.3 Å². The summed E-state index contributed by atoms with van der Waals surface area (Å²) < 4.78 is 7.70. The van der Waals surface area contributed by atoms with Crippen LogP contribution in [0.25, 0.3) is 4.96 Å². The summed E-state index contributed by atoms with van der Waals surface area (Å²) >= 11 is 1.51. The smallest absolute Gasteiger partial charge is 0.258 e. The molecular formula is C35H48ClN7O7S.